The molecule has 19 heavy (non-hydrogen) atoms. The normalized spacial score (nSPS) is 10.3. The van der Waals surface area contributed by atoms with Gasteiger partial charge < -0.3 is 10.6 Å². The summed E-state index contributed by atoms with van der Waals surface area (Å²) in [5.74, 6) is -0.694. The van der Waals surface area contributed by atoms with Crippen LogP contribution in [0, 0.1) is 24.1 Å². The van der Waals surface area contributed by atoms with Gasteiger partial charge in [-0.05, 0) is 19.1 Å². The third-order valence-corrected chi connectivity index (χ3v) is 2.65. The number of anilines is 1. The topological polar surface area (TPSA) is 64.9 Å². The lowest BCUT2D eigenvalue weighted by molar-refractivity contribution is -0.116. The van der Waals surface area contributed by atoms with Crippen molar-refractivity contribution in [3.8, 4) is 6.07 Å². The average Bonchev–Trinajstić information content (AvgIpc) is 2.34. The van der Waals surface area contributed by atoms with Crippen LogP contribution in [-0.2, 0) is 4.79 Å². The molecule has 0 aliphatic carbocycles. The highest BCUT2D eigenvalue weighted by Crippen LogP contribution is 2.20. The van der Waals surface area contributed by atoms with Gasteiger partial charge in [0.15, 0.2) is 0 Å². The number of halogens is 1. The van der Waals surface area contributed by atoms with Gasteiger partial charge in [-0.25, -0.2) is 4.39 Å². The molecule has 2 N–H and O–H groups in total. The van der Waals surface area contributed by atoms with E-state index in [9.17, 15) is 9.18 Å². The van der Waals surface area contributed by atoms with E-state index in [1.54, 1.807) is 6.92 Å². The van der Waals surface area contributed by atoms with Crippen LogP contribution in [0.4, 0.5) is 10.1 Å². The standard InChI is InChI=1S/C14H18FN3O/c1-9(2)17-5-4-14(19)18-13-7-11(8-16)6-12(15)10(13)3/h6-7,9,17H,4-5H2,1-3H3,(H,18,19). The van der Waals surface area contributed by atoms with Crippen LogP contribution in [0.15, 0.2) is 12.1 Å². The Labute approximate surface area is 112 Å². The van der Waals surface area contributed by atoms with Gasteiger partial charge >= 0.3 is 0 Å². The molecule has 0 unspecified atom stereocenters. The monoisotopic (exact) mass is 263 g/mol. The van der Waals surface area contributed by atoms with E-state index in [1.807, 2.05) is 19.9 Å². The van der Waals surface area contributed by atoms with Gasteiger partial charge in [-0.15, -0.1) is 0 Å². The Morgan fingerprint density at radius 3 is 2.74 bits per heavy atom. The number of hydrogen-bond acceptors (Lipinski definition) is 3. The van der Waals surface area contributed by atoms with Gasteiger partial charge in [-0.3, -0.25) is 4.79 Å². The molecule has 0 saturated heterocycles. The Balaban J connectivity index is 2.69. The summed E-state index contributed by atoms with van der Waals surface area (Å²) in [6.07, 6.45) is 0.302. The quantitative estimate of drug-likeness (QED) is 0.857. The predicted octanol–water partition coefficient (Wildman–Crippen LogP) is 2.33. The number of hydrogen-bond donors (Lipinski definition) is 2. The average molecular weight is 263 g/mol. The van der Waals surface area contributed by atoms with Gasteiger partial charge in [0.25, 0.3) is 0 Å². The molecule has 102 valence electrons. The Bertz CT molecular complexity index is 506. The van der Waals surface area contributed by atoms with Gasteiger partial charge in [0.05, 0.1) is 11.6 Å². The molecular weight excluding hydrogens is 245 g/mol. The molecular formula is C14H18FN3O. The maximum Gasteiger partial charge on any atom is 0.225 e. The van der Waals surface area contributed by atoms with Crippen LogP contribution in [0.3, 0.4) is 0 Å². The van der Waals surface area contributed by atoms with Crippen molar-refractivity contribution in [1.29, 1.82) is 5.26 Å². The molecule has 5 heteroatoms. The summed E-state index contributed by atoms with van der Waals surface area (Å²) in [5.41, 5.74) is 0.883. The molecule has 1 amide bonds. The van der Waals surface area contributed by atoms with E-state index in [0.29, 0.717) is 30.3 Å². The van der Waals surface area contributed by atoms with E-state index in [1.165, 1.54) is 6.07 Å². The van der Waals surface area contributed by atoms with Crippen molar-refractivity contribution in [1.82, 2.24) is 5.32 Å². The molecule has 0 saturated carbocycles. The summed E-state index contributed by atoms with van der Waals surface area (Å²) >= 11 is 0. The minimum atomic E-state index is -0.491. The van der Waals surface area contributed by atoms with Crippen molar-refractivity contribution in [2.45, 2.75) is 33.2 Å². The zero-order valence-electron chi connectivity index (χ0n) is 11.4. The number of rotatable bonds is 5. The van der Waals surface area contributed by atoms with Gasteiger partial charge in [0, 0.05) is 30.3 Å². The second-order valence-electron chi connectivity index (χ2n) is 4.65. The molecule has 1 aromatic rings. The minimum absolute atomic E-state index is 0.193. The zero-order chi connectivity index (χ0) is 14.4. The summed E-state index contributed by atoms with van der Waals surface area (Å²) in [5, 5.41) is 14.5. The van der Waals surface area contributed by atoms with Crippen molar-refractivity contribution >= 4 is 11.6 Å². The Morgan fingerprint density at radius 2 is 2.16 bits per heavy atom. The van der Waals surface area contributed by atoms with Crippen LogP contribution in [0.2, 0.25) is 0 Å². The fourth-order valence-corrected chi connectivity index (χ4v) is 1.56. The molecule has 0 atom stereocenters. The first-order chi connectivity index (χ1) is 8.93. The number of carbonyl (C=O) groups excluding carboxylic acids is 1. The van der Waals surface area contributed by atoms with Crippen molar-refractivity contribution in [3.63, 3.8) is 0 Å². The van der Waals surface area contributed by atoms with Crippen molar-refractivity contribution in [3.05, 3.63) is 29.1 Å². The van der Waals surface area contributed by atoms with E-state index in [0.717, 1.165) is 6.07 Å². The van der Waals surface area contributed by atoms with E-state index in [-0.39, 0.29) is 11.5 Å². The lowest BCUT2D eigenvalue weighted by atomic mass is 10.1. The predicted molar refractivity (Wildman–Crippen MR) is 72.2 cm³/mol. The first kappa shape index (κ1) is 15.1. The van der Waals surface area contributed by atoms with Crippen LogP contribution >= 0.6 is 0 Å². The molecule has 0 bridgehead atoms. The highest BCUT2D eigenvalue weighted by molar-refractivity contribution is 5.91. The van der Waals surface area contributed by atoms with Gasteiger partial charge in [0.1, 0.15) is 5.82 Å². The Kier molecular flexibility index (Phi) is 5.46. The van der Waals surface area contributed by atoms with Crippen LogP contribution < -0.4 is 10.6 Å². The number of carbonyl (C=O) groups is 1. The number of nitrogens with one attached hydrogen (secondary N) is 2. The Morgan fingerprint density at radius 1 is 1.47 bits per heavy atom. The maximum absolute atomic E-state index is 13.5. The summed E-state index contributed by atoms with van der Waals surface area (Å²) < 4.78 is 13.5. The molecule has 0 radical (unpaired) electrons. The summed E-state index contributed by atoms with van der Waals surface area (Å²) in [7, 11) is 0. The molecule has 0 aliphatic heterocycles. The molecule has 0 fully saturated rings. The fourth-order valence-electron chi connectivity index (χ4n) is 1.56. The SMILES string of the molecule is Cc1c(F)cc(C#N)cc1NC(=O)CCNC(C)C. The third-order valence-electron chi connectivity index (χ3n) is 2.65. The second-order valence-corrected chi connectivity index (χ2v) is 4.65. The summed E-state index contributed by atoms with van der Waals surface area (Å²) in [6, 6.07) is 4.81. The largest absolute Gasteiger partial charge is 0.326 e. The molecule has 1 rings (SSSR count). The number of benzene rings is 1. The van der Waals surface area contributed by atoms with Crippen molar-refractivity contribution < 1.29 is 9.18 Å². The van der Waals surface area contributed by atoms with Gasteiger partial charge in [0.2, 0.25) is 5.91 Å². The zero-order valence-corrected chi connectivity index (χ0v) is 11.4. The number of amides is 1. The lowest BCUT2D eigenvalue weighted by Crippen LogP contribution is -2.27. The number of nitrogens with zero attached hydrogens (tertiary/aromatic N) is 1. The Hall–Kier alpha value is -1.93. The highest BCUT2D eigenvalue weighted by Gasteiger charge is 2.10. The molecule has 4 nitrogen and oxygen atoms in total. The number of nitriles is 1. The van der Waals surface area contributed by atoms with E-state index in [4.69, 9.17) is 5.26 Å². The third kappa shape index (κ3) is 4.68. The van der Waals surface area contributed by atoms with E-state index >= 15 is 0 Å². The van der Waals surface area contributed by atoms with E-state index in [2.05, 4.69) is 10.6 Å². The molecule has 0 heterocycles. The highest BCUT2D eigenvalue weighted by atomic mass is 19.1. The fraction of sp³-hybridized carbons (Fsp3) is 0.429. The first-order valence-electron chi connectivity index (χ1n) is 6.17. The summed E-state index contributed by atoms with van der Waals surface area (Å²) in [6.45, 7) is 6.11. The molecule has 0 aromatic heterocycles. The molecule has 1 aromatic carbocycles. The smallest absolute Gasteiger partial charge is 0.225 e. The van der Waals surface area contributed by atoms with Gasteiger partial charge in [-0.1, -0.05) is 13.8 Å². The van der Waals surface area contributed by atoms with Crippen molar-refractivity contribution in [2.75, 3.05) is 11.9 Å². The van der Waals surface area contributed by atoms with Crippen LogP contribution in [0.25, 0.3) is 0 Å². The van der Waals surface area contributed by atoms with Crippen molar-refractivity contribution in [2.24, 2.45) is 0 Å². The first-order valence-corrected chi connectivity index (χ1v) is 6.17. The van der Waals surface area contributed by atoms with Crippen LogP contribution in [0.5, 0.6) is 0 Å². The second kappa shape index (κ2) is 6.86. The van der Waals surface area contributed by atoms with Crippen LogP contribution in [-0.4, -0.2) is 18.5 Å². The molecule has 0 aliphatic rings. The maximum atomic E-state index is 13.5. The molecule has 0 spiro atoms. The minimum Gasteiger partial charge on any atom is -0.326 e. The lowest BCUT2D eigenvalue weighted by Gasteiger charge is -2.11. The summed E-state index contributed by atoms with van der Waals surface area (Å²) in [4.78, 5) is 11.7. The van der Waals surface area contributed by atoms with E-state index < -0.39 is 5.82 Å². The van der Waals surface area contributed by atoms with Gasteiger partial charge in [-0.2, -0.15) is 5.26 Å². The van der Waals surface area contributed by atoms with Crippen LogP contribution in [0.1, 0.15) is 31.4 Å².